The summed E-state index contributed by atoms with van der Waals surface area (Å²) in [5.41, 5.74) is -0.567. The van der Waals surface area contributed by atoms with E-state index in [1.54, 1.807) is 20.8 Å². The molecule has 3 aliphatic rings. The minimum absolute atomic E-state index is 0.136. The van der Waals surface area contributed by atoms with Crippen molar-refractivity contribution >= 4 is 0 Å². The van der Waals surface area contributed by atoms with Gasteiger partial charge in [-0.15, -0.1) is 0 Å². The molecule has 0 heterocycles. The number of rotatable bonds is 9. The Balaban J connectivity index is -0.000000186. The van der Waals surface area contributed by atoms with E-state index in [1.807, 2.05) is 6.92 Å². The molecule has 0 spiro atoms. The molecule has 3 rings (SSSR count). The molecule has 0 bridgehead atoms. The van der Waals surface area contributed by atoms with E-state index in [-0.39, 0.29) is 11.8 Å². The summed E-state index contributed by atoms with van der Waals surface area (Å²) in [7, 11) is 0. The normalized spacial score (nSPS) is 18.2. The van der Waals surface area contributed by atoms with Crippen molar-refractivity contribution in [1.29, 1.82) is 0 Å². The third kappa shape index (κ3) is 55.6. The molecule has 0 atom stereocenters. The molecule has 0 aromatic rings. The fourth-order valence-electron chi connectivity index (χ4n) is 10.5. The van der Waals surface area contributed by atoms with E-state index in [9.17, 15) is 13.2 Å². The third-order valence-electron chi connectivity index (χ3n) is 16.4. The maximum atomic E-state index is 15.4. The molecule has 3 aliphatic carbocycles. The molecule has 0 aromatic carbocycles. The summed E-state index contributed by atoms with van der Waals surface area (Å²) in [4.78, 5) is 0. The van der Waals surface area contributed by atoms with E-state index in [1.165, 1.54) is 38.5 Å². The molecule has 0 saturated heterocycles. The number of alkyl halides is 4. The summed E-state index contributed by atoms with van der Waals surface area (Å²) in [6.45, 7) is 78.2. The van der Waals surface area contributed by atoms with Crippen molar-refractivity contribution in [1.82, 2.24) is 0 Å². The third-order valence-corrected chi connectivity index (χ3v) is 16.4. The molecule has 3 fully saturated rings. The zero-order valence-corrected chi connectivity index (χ0v) is 59.9. The minimum atomic E-state index is -1.08. The highest BCUT2D eigenvalue weighted by Gasteiger charge is 2.46. The monoisotopic (exact) mass is 1090 g/mol. The average molecular weight is 1090 g/mol. The number of hydrogen-bond acceptors (Lipinski definition) is 0. The lowest BCUT2D eigenvalue weighted by molar-refractivity contribution is -0.0495. The largest absolute Gasteiger partial charge is 0.244 e. The van der Waals surface area contributed by atoms with E-state index in [2.05, 4.69) is 222 Å². The van der Waals surface area contributed by atoms with Gasteiger partial charge in [-0.25, -0.2) is 17.6 Å². The van der Waals surface area contributed by atoms with Crippen LogP contribution in [0.2, 0.25) is 0 Å². The van der Waals surface area contributed by atoms with Crippen molar-refractivity contribution in [2.45, 2.75) is 388 Å². The van der Waals surface area contributed by atoms with Crippen molar-refractivity contribution < 1.29 is 17.6 Å². The zero-order chi connectivity index (χ0) is 62.3. The van der Waals surface area contributed by atoms with Gasteiger partial charge < -0.3 is 0 Å². The Hall–Kier alpha value is -0.280. The molecule has 468 valence electrons. The van der Waals surface area contributed by atoms with Crippen molar-refractivity contribution in [3.8, 4) is 0 Å². The summed E-state index contributed by atoms with van der Waals surface area (Å²) in [5, 5.41) is 0. The van der Waals surface area contributed by atoms with Crippen molar-refractivity contribution in [2.24, 2.45) is 79.8 Å². The highest BCUT2D eigenvalue weighted by atomic mass is 19.2. The summed E-state index contributed by atoms with van der Waals surface area (Å²) in [6.07, 6.45) is 18.9. The SMILES string of the molecule is CC(C)(C)C.CC(C)C(C(C)C)C(C)(F)C(C(C)C)C(C)C.CC(C)C(C)(C)C.CC1(C)CCC(C)(F)CC1.CC1(F)CCCC1.CC1(F)CCCCC1.CCC(C)(C)C.CCC(CC)C(C)(C)C.CCCC(C)(C)C. The van der Waals surface area contributed by atoms with Crippen LogP contribution in [0.5, 0.6) is 0 Å². The van der Waals surface area contributed by atoms with Crippen LogP contribution in [-0.2, 0) is 0 Å². The molecule has 0 unspecified atom stereocenters. The average Bonchev–Trinajstić information content (AvgIpc) is 3.58. The van der Waals surface area contributed by atoms with Crippen LogP contribution >= 0.6 is 0 Å². The first kappa shape index (κ1) is 87.0. The predicted octanol–water partition coefficient (Wildman–Crippen LogP) is 27.3. The van der Waals surface area contributed by atoms with Gasteiger partial charge in [-0.05, 0) is 165 Å². The Labute approximate surface area is 482 Å². The van der Waals surface area contributed by atoms with Crippen molar-refractivity contribution in [2.75, 3.05) is 0 Å². The van der Waals surface area contributed by atoms with Crippen LogP contribution in [0.3, 0.4) is 0 Å². The van der Waals surface area contributed by atoms with E-state index in [4.69, 9.17) is 0 Å². The Bertz CT molecular complexity index is 1210. The summed E-state index contributed by atoms with van der Waals surface area (Å²) in [6, 6.07) is 0. The van der Waals surface area contributed by atoms with Crippen LogP contribution in [0.25, 0.3) is 0 Å². The van der Waals surface area contributed by atoms with Crippen molar-refractivity contribution in [3.63, 3.8) is 0 Å². The van der Waals surface area contributed by atoms with Gasteiger partial charge in [0.15, 0.2) is 0 Å². The minimum Gasteiger partial charge on any atom is -0.244 e. The molecular formula is C72H152F4. The van der Waals surface area contributed by atoms with Gasteiger partial charge in [-0.2, -0.15) is 0 Å². The lowest BCUT2D eigenvalue weighted by Crippen LogP contribution is -2.47. The molecule has 0 aromatic heterocycles. The van der Waals surface area contributed by atoms with Gasteiger partial charge in [-0.3, -0.25) is 0 Å². The second kappa shape index (κ2) is 39.2. The molecule has 0 nitrogen and oxygen atoms in total. The van der Waals surface area contributed by atoms with Gasteiger partial charge in [0.1, 0.15) is 22.7 Å². The fourth-order valence-corrected chi connectivity index (χ4v) is 10.5. The lowest BCUT2D eigenvalue weighted by atomic mass is 9.63. The predicted molar refractivity (Wildman–Crippen MR) is 345 cm³/mol. The maximum absolute atomic E-state index is 15.4. The second-order valence-corrected chi connectivity index (χ2v) is 34.0. The molecule has 0 amide bonds. The first-order valence-corrected chi connectivity index (χ1v) is 32.2. The lowest BCUT2D eigenvalue weighted by Gasteiger charge is -2.45. The Kier molecular flexibility index (Phi) is 44.9. The quantitative estimate of drug-likeness (QED) is 0.202. The van der Waals surface area contributed by atoms with Crippen LogP contribution in [-0.4, -0.2) is 22.7 Å². The highest BCUT2D eigenvalue weighted by molar-refractivity contribution is 4.95. The maximum Gasteiger partial charge on any atom is 0.114 e. The Morgan fingerprint density at radius 2 is 0.618 bits per heavy atom. The van der Waals surface area contributed by atoms with E-state index in [0.717, 1.165) is 88.9 Å². The molecule has 3 saturated carbocycles. The van der Waals surface area contributed by atoms with Gasteiger partial charge in [-0.1, -0.05) is 279 Å². The summed E-state index contributed by atoms with van der Waals surface area (Å²) < 4.78 is 54.1. The number of hydrogen-bond donors (Lipinski definition) is 0. The topological polar surface area (TPSA) is 0 Å². The van der Waals surface area contributed by atoms with Crippen LogP contribution in [0.4, 0.5) is 17.6 Å². The fraction of sp³-hybridized carbons (Fsp3) is 1.00. The standard InChI is InChI=1S/C16H33F.C9H17F.C9H20.C7H13F.2C7H16.C6H11F.C6H14.C5H12/c1-10(2)14(11(3)4)16(9,17)15(12(5)6)13(7)8;1-8(2)4-6-9(3,10)7-5-8;1-6-8(7-2)9(3,4)5;1-7(8)5-3-2-4-6-7;1-6(2)7(3,4)5;1-5-6-7(2,3)4;1-6(7)4-2-3-5-6;1-5-6(2,3)4;1-5(2,3)4/h10-15H,1-9H3;4-7H2,1-3H3;8H,6-7H2,1-5H3;2-6H2,1H3;6H,1-5H3;5-6H2,1-4H3;2-5H2,1H3;5H2,1-4H3;1-4H3. The molecule has 0 N–H and O–H groups in total. The van der Waals surface area contributed by atoms with Gasteiger partial charge in [0.25, 0.3) is 0 Å². The summed E-state index contributed by atoms with van der Waals surface area (Å²) >= 11 is 0. The van der Waals surface area contributed by atoms with E-state index in [0.29, 0.717) is 56.2 Å². The van der Waals surface area contributed by atoms with Crippen LogP contribution in [0.15, 0.2) is 0 Å². The van der Waals surface area contributed by atoms with Gasteiger partial charge in [0.2, 0.25) is 0 Å². The van der Waals surface area contributed by atoms with E-state index < -0.39 is 22.7 Å². The first-order valence-electron chi connectivity index (χ1n) is 32.2. The highest BCUT2D eigenvalue weighted by Crippen LogP contribution is 2.46. The van der Waals surface area contributed by atoms with Gasteiger partial charge in [0.05, 0.1) is 0 Å². The zero-order valence-electron chi connectivity index (χ0n) is 59.9. The van der Waals surface area contributed by atoms with Crippen LogP contribution in [0.1, 0.15) is 365 Å². The summed E-state index contributed by atoms with van der Waals surface area (Å²) in [5.74, 6) is 3.55. The van der Waals surface area contributed by atoms with E-state index >= 15 is 4.39 Å². The Morgan fingerprint density at radius 3 is 0.724 bits per heavy atom. The molecular weight excluding hydrogens is 941 g/mol. The molecule has 76 heavy (non-hydrogen) atoms. The van der Waals surface area contributed by atoms with Crippen molar-refractivity contribution in [3.05, 3.63) is 0 Å². The first-order chi connectivity index (χ1) is 33.4. The molecule has 0 radical (unpaired) electrons. The second-order valence-electron chi connectivity index (χ2n) is 34.0. The van der Waals surface area contributed by atoms with Gasteiger partial charge >= 0.3 is 0 Å². The Morgan fingerprint density at radius 1 is 0.382 bits per heavy atom. The molecule has 4 heteroatoms. The smallest absolute Gasteiger partial charge is 0.114 e. The molecule has 0 aliphatic heterocycles. The van der Waals surface area contributed by atoms with Gasteiger partial charge in [0, 0.05) is 0 Å². The van der Waals surface area contributed by atoms with Crippen LogP contribution in [0, 0.1) is 79.8 Å². The number of halogens is 4. The van der Waals surface area contributed by atoms with Crippen LogP contribution < -0.4 is 0 Å².